The molecule has 57 heavy (non-hydrogen) atoms. The van der Waals surface area contributed by atoms with Gasteiger partial charge in [-0.2, -0.15) is 0 Å². The Kier molecular flexibility index (Phi) is 7.14. The third-order valence-electron chi connectivity index (χ3n) is 12.3. The van der Waals surface area contributed by atoms with Crippen molar-refractivity contribution in [3.05, 3.63) is 235 Å². The lowest BCUT2D eigenvalue weighted by Gasteiger charge is -2.46. The average molecular weight is 742 g/mol. The highest BCUT2D eigenvalue weighted by atomic mass is 32.2. The van der Waals surface area contributed by atoms with Crippen molar-refractivity contribution in [2.75, 3.05) is 4.90 Å². The third kappa shape index (κ3) is 4.78. The van der Waals surface area contributed by atoms with E-state index in [4.69, 9.17) is 0 Å². The molecule has 0 saturated carbocycles. The Morgan fingerprint density at radius 1 is 0.351 bits per heavy atom. The molecule has 10 aromatic carbocycles. The van der Waals surface area contributed by atoms with Gasteiger partial charge < -0.3 is 4.90 Å². The highest BCUT2D eigenvalue weighted by molar-refractivity contribution is 7.99. The Morgan fingerprint density at radius 3 is 1.81 bits per heavy atom. The van der Waals surface area contributed by atoms with Gasteiger partial charge in [-0.1, -0.05) is 176 Å². The second-order valence-corrected chi connectivity index (χ2v) is 16.3. The molecule has 266 valence electrons. The van der Waals surface area contributed by atoms with E-state index in [1.54, 1.807) is 0 Å². The second kappa shape index (κ2) is 12.6. The molecule has 0 N–H and O–H groups in total. The van der Waals surface area contributed by atoms with Crippen LogP contribution in [0.3, 0.4) is 0 Å². The van der Waals surface area contributed by atoms with Crippen LogP contribution in [0.4, 0.5) is 17.1 Å². The molecule has 0 unspecified atom stereocenters. The largest absolute Gasteiger partial charge is 0.310 e. The maximum Gasteiger partial charge on any atom is 0.0736 e. The van der Waals surface area contributed by atoms with Gasteiger partial charge in [0.25, 0.3) is 0 Å². The number of anilines is 3. The van der Waals surface area contributed by atoms with Crippen molar-refractivity contribution in [1.82, 2.24) is 0 Å². The lowest BCUT2D eigenvalue weighted by atomic mass is 9.59. The van der Waals surface area contributed by atoms with E-state index >= 15 is 0 Å². The van der Waals surface area contributed by atoms with Crippen molar-refractivity contribution in [2.24, 2.45) is 0 Å². The van der Waals surface area contributed by atoms with Crippen LogP contribution in [-0.2, 0) is 5.41 Å². The summed E-state index contributed by atoms with van der Waals surface area (Å²) >= 11 is 1.89. The Morgan fingerprint density at radius 2 is 0.965 bits per heavy atom. The Balaban J connectivity index is 1.16. The van der Waals surface area contributed by atoms with E-state index < -0.39 is 5.41 Å². The van der Waals surface area contributed by atoms with E-state index in [0.29, 0.717) is 0 Å². The lowest BCUT2D eigenvalue weighted by molar-refractivity contribution is 0.707. The monoisotopic (exact) mass is 741 g/mol. The summed E-state index contributed by atoms with van der Waals surface area (Å²) in [5.41, 5.74) is 13.2. The molecule has 1 heterocycles. The molecule has 0 fully saturated rings. The normalized spacial score (nSPS) is 13.3. The first-order valence-corrected chi connectivity index (χ1v) is 20.5. The zero-order valence-electron chi connectivity index (χ0n) is 31.1. The standard InChI is InChI=1S/C55H35NS/c1-2-13-36(14-3-1)39-27-28-41-34-42(30-29-40(41)33-39)56(51-24-12-16-37-15-4-5-19-44(37)51)43-31-32-45-46-20-10-17-38-18-11-23-49(54(38)46)55(50(45)35-43)47-21-6-8-25-52(47)57-53-26-9-7-22-48(53)55/h1-35H. The Bertz CT molecular complexity index is 3180. The summed E-state index contributed by atoms with van der Waals surface area (Å²) < 4.78 is 0. The molecule has 0 aromatic heterocycles. The van der Waals surface area contributed by atoms with Crippen molar-refractivity contribution in [3.8, 4) is 22.3 Å². The Labute approximate surface area is 336 Å². The molecule has 2 heteroatoms. The van der Waals surface area contributed by atoms with E-state index in [0.717, 1.165) is 17.1 Å². The van der Waals surface area contributed by atoms with E-state index in [2.05, 4.69) is 217 Å². The van der Waals surface area contributed by atoms with Crippen LogP contribution in [-0.4, -0.2) is 0 Å². The van der Waals surface area contributed by atoms with E-state index in [9.17, 15) is 0 Å². The highest BCUT2D eigenvalue weighted by Crippen LogP contribution is 2.62. The molecule has 1 nitrogen and oxygen atoms in total. The van der Waals surface area contributed by atoms with Gasteiger partial charge in [-0.05, 0) is 120 Å². The van der Waals surface area contributed by atoms with Crippen LogP contribution in [0.15, 0.2) is 222 Å². The highest BCUT2D eigenvalue weighted by Gasteiger charge is 2.48. The molecule has 2 aliphatic rings. The van der Waals surface area contributed by atoms with Gasteiger partial charge in [-0.25, -0.2) is 0 Å². The van der Waals surface area contributed by atoms with Crippen LogP contribution < -0.4 is 4.90 Å². The summed E-state index contributed by atoms with van der Waals surface area (Å²) in [4.78, 5) is 5.09. The molecule has 1 aliphatic heterocycles. The summed E-state index contributed by atoms with van der Waals surface area (Å²) in [7, 11) is 0. The maximum absolute atomic E-state index is 2.51. The average Bonchev–Trinajstić information content (AvgIpc) is 3.28. The van der Waals surface area contributed by atoms with Crippen LogP contribution in [0.25, 0.3) is 54.6 Å². The van der Waals surface area contributed by atoms with E-state index in [-0.39, 0.29) is 0 Å². The van der Waals surface area contributed by atoms with Crippen molar-refractivity contribution >= 4 is 61.1 Å². The molecule has 12 rings (SSSR count). The minimum absolute atomic E-state index is 0.528. The summed E-state index contributed by atoms with van der Waals surface area (Å²) in [6.45, 7) is 0. The van der Waals surface area contributed by atoms with Crippen molar-refractivity contribution in [1.29, 1.82) is 0 Å². The summed E-state index contributed by atoms with van der Waals surface area (Å²) in [6.07, 6.45) is 0. The van der Waals surface area contributed by atoms with Crippen LogP contribution in [0.1, 0.15) is 22.3 Å². The predicted molar refractivity (Wildman–Crippen MR) is 241 cm³/mol. The topological polar surface area (TPSA) is 3.24 Å². The number of fused-ring (bicyclic) bond motifs is 10. The van der Waals surface area contributed by atoms with Gasteiger partial charge in [-0.15, -0.1) is 0 Å². The third-order valence-corrected chi connectivity index (χ3v) is 13.4. The van der Waals surface area contributed by atoms with Crippen molar-refractivity contribution in [3.63, 3.8) is 0 Å². The van der Waals surface area contributed by atoms with Crippen LogP contribution >= 0.6 is 11.8 Å². The van der Waals surface area contributed by atoms with Gasteiger partial charge in [0.1, 0.15) is 0 Å². The first-order valence-electron chi connectivity index (χ1n) is 19.7. The quantitative estimate of drug-likeness (QED) is 0.177. The first-order chi connectivity index (χ1) is 28.3. The minimum atomic E-state index is -0.528. The molecule has 0 atom stereocenters. The maximum atomic E-state index is 2.51. The second-order valence-electron chi connectivity index (χ2n) is 15.2. The molecule has 0 saturated heterocycles. The summed E-state index contributed by atoms with van der Waals surface area (Å²) in [5, 5.41) is 7.48. The van der Waals surface area contributed by atoms with Gasteiger partial charge in [-0.3, -0.25) is 0 Å². The van der Waals surface area contributed by atoms with E-state index in [1.807, 2.05) is 11.8 Å². The number of rotatable bonds is 4. The zero-order chi connectivity index (χ0) is 37.5. The number of nitrogens with zero attached hydrogens (tertiary/aromatic N) is 1. The fourth-order valence-corrected chi connectivity index (χ4v) is 11.0. The summed E-state index contributed by atoms with van der Waals surface area (Å²) in [6, 6.07) is 79.1. The molecule has 1 spiro atoms. The number of hydrogen-bond acceptors (Lipinski definition) is 2. The van der Waals surface area contributed by atoms with Gasteiger partial charge in [0.2, 0.25) is 0 Å². The van der Waals surface area contributed by atoms with Gasteiger partial charge in [0.15, 0.2) is 0 Å². The lowest BCUT2D eigenvalue weighted by Crippen LogP contribution is -2.36. The molecule has 0 bridgehead atoms. The Hall–Kier alpha value is -6.87. The first kappa shape index (κ1) is 32.4. The molecule has 0 radical (unpaired) electrons. The fraction of sp³-hybridized carbons (Fsp3) is 0.0182. The summed E-state index contributed by atoms with van der Waals surface area (Å²) in [5.74, 6) is 0. The molecule has 10 aromatic rings. The zero-order valence-corrected chi connectivity index (χ0v) is 31.9. The van der Waals surface area contributed by atoms with Crippen LogP contribution in [0.2, 0.25) is 0 Å². The van der Waals surface area contributed by atoms with Gasteiger partial charge in [0, 0.05) is 26.6 Å². The van der Waals surface area contributed by atoms with Crippen molar-refractivity contribution < 1.29 is 0 Å². The fourth-order valence-electron chi connectivity index (χ4n) is 9.83. The number of hydrogen-bond donors (Lipinski definition) is 0. The molecule has 1 aliphatic carbocycles. The minimum Gasteiger partial charge on any atom is -0.310 e. The number of benzene rings is 10. The molecular formula is C55H35NS. The molecule has 0 amide bonds. The van der Waals surface area contributed by atoms with Gasteiger partial charge >= 0.3 is 0 Å². The predicted octanol–water partition coefficient (Wildman–Crippen LogP) is 15.1. The smallest absolute Gasteiger partial charge is 0.0736 e. The van der Waals surface area contributed by atoms with E-state index in [1.165, 1.54) is 86.6 Å². The van der Waals surface area contributed by atoms with Crippen LogP contribution in [0.5, 0.6) is 0 Å². The SMILES string of the molecule is c1ccc(-c2ccc3cc(N(c4ccc5c(c4)C4(c6ccccc6Sc6ccccc64)c4cccc6cccc-5c46)c4cccc5ccccc45)ccc3c2)cc1. The van der Waals surface area contributed by atoms with Crippen molar-refractivity contribution in [2.45, 2.75) is 15.2 Å². The molecular weight excluding hydrogens is 707 g/mol. The van der Waals surface area contributed by atoms with Crippen LogP contribution in [0, 0.1) is 0 Å². The van der Waals surface area contributed by atoms with Gasteiger partial charge in [0.05, 0.1) is 11.1 Å².